The Morgan fingerprint density at radius 1 is 1.16 bits per heavy atom. The van der Waals surface area contributed by atoms with Gasteiger partial charge in [-0.2, -0.15) is 8.42 Å². The van der Waals surface area contributed by atoms with E-state index in [0.29, 0.717) is 0 Å². The molecule has 0 aliphatic heterocycles. The topological polar surface area (TPSA) is 69.7 Å². The van der Waals surface area contributed by atoms with Crippen LogP contribution < -0.4 is 0 Å². The van der Waals surface area contributed by atoms with Gasteiger partial charge < -0.3 is 4.74 Å². The van der Waals surface area contributed by atoms with E-state index >= 15 is 0 Å². The van der Waals surface area contributed by atoms with Crippen molar-refractivity contribution in [1.82, 2.24) is 0 Å². The summed E-state index contributed by atoms with van der Waals surface area (Å²) in [6, 6.07) is 6.32. The van der Waals surface area contributed by atoms with E-state index in [4.69, 9.17) is 4.18 Å². The average molecular weight is 286 g/mol. The zero-order valence-electron chi connectivity index (χ0n) is 11.4. The second-order valence-corrected chi connectivity index (χ2v) is 5.95. The van der Waals surface area contributed by atoms with Crippen LogP contribution in [0.5, 0.6) is 0 Å². The van der Waals surface area contributed by atoms with Gasteiger partial charge in [0, 0.05) is 0 Å². The maximum absolute atomic E-state index is 12.0. The van der Waals surface area contributed by atoms with Crippen molar-refractivity contribution in [1.29, 1.82) is 0 Å². The van der Waals surface area contributed by atoms with Gasteiger partial charge in [-0.15, -0.1) is 0 Å². The van der Waals surface area contributed by atoms with Gasteiger partial charge in [-0.25, -0.2) is 0 Å². The van der Waals surface area contributed by atoms with E-state index in [1.807, 2.05) is 6.92 Å². The molecule has 0 aliphatic rings. The Kier molecular flexibility index (Phi) is 5.08. The minimum Gasteiger partial charge on any atom is -0.469 e. The first-order valence-corrected chi connectivity index (χ1v) is 7.26. The summed E-state index contributed by atoms with van der Waals surface area (Å²) < 4.78 is 33.6. The van der Waals surface area contributed by atoms with Gasteiger partial charge >= 0.3 is 5.97 Å². The van der Waals surface area contributed by atoms with Crippen molar-refractivity contribution in [2.24, 2.45) is 5.92 Å². The maximum atomic E-state index is 12.0. The minimum atomic E-state index is -3.87. The second kappa shape index (κ2) is 6.16. The third kappa shape index (κ3) is 4.04. The van der Waals surface area contributed by atoms with Gasteiger partial charge in [0.05, 0.1) is 24.0 Å². The molecule has 1 aromatic rings. The maximum Gasteiger partial charge on any atom is 0.311 e. The fourth-order valence-corrected chi connectivity index (χ4v) is 2.57. The Bertz CT molecular complexity index is 533. The molecule has 5 nitrogen and oxygen atoms in total. The third-order valence-electron chi connectivity index (χ3n) is 2.87. The van der Waals surface area contributed by atoms with Gasteiger partial charge in [0.15, 0.2) is 0 Å². The molecule has 0 bridgehead atoms. The molecular weight excluding hydrogens is 268 g/mol. The molecule has 0 saturated carbocycles. The molecule has 0 radical (unpaired) electrons. The van der Waals surface area contributed by atoms with Crippen molar-refractivity contribution in [2.45, 2.75) is 31.8 Å². The summed E-state index contributed by atoms with van der Waals surface area (Å²) in [5.74, 6) is -1.17. The number of hydrogen-bond donors (Lipinski definition) is 0. The third-order valence-corrected chi connectivity index (χ3v) is 4.27. The Labute approximate surface area is 113 Å². The molecule has 0 unspecified atom stereocenters. The van der Waals surface area contributed by atoms with Crippen LogP contribution in [0.2, 0.25) is 0 Å². The zero-order valence-corrected chi connectivity index (χ0v) is 12.2. The monoisotopic (exact) mass is 286 g/mol. The van der Waals surface area contributed by atoms with Crippen LogP contribution in [0.3, 0.4) is 0 Å². The smallest absolute Gasteiger partial charge is 0.311 e. The van der Waals surface area contributed by atoms with Gasteiger partial charge in [-0.1, -0.05) is 17.7 Å². The number of esters is 1. The van der Waals surface area contributed by atoms with E-state index in [9.17, 15) is 13.2 Å². The van der Waals surface area contributed by atoms with E-state index in [-0.39, 0.29) is 4.90 Å². The molecule has 1 rings (SSSR count). The molecule has 106 valence electrons. The van der Waals surface area contributed by atoms with E-state index in [1.165, 1.54) is 26.2 Å². The highest BCUT2D eigenvalue weighted by atomic mass is 32.2. The summed E-state index contributed by atoms with van der Waals surface area (Å²) in [5, 5.41) is 0. The van der Waals surface area contributed by atoms with Crippen LogP contribution >= 0.6 is 0 Å². The van der Waals surface area contributed by atoms with Crippen LogP contribution in [-0.2, 0) is 23.8 Å². The molecule has 19 heavy (non-hydrogen) atoms. The Hall–Kier alpha value is -1.40. The highest BCUT2D eigenvalue weighted by Crippen LogP contribution is 2.18. The normalized spacial score (nSPS) is 14.7. The van der Waals surface area contributed by atoms with E-state index in [1.54, 1.807) is 19.1 Å². The number of benzene rings is 1. The average Bonchev–Trinajstić information content (AvgIpc) is 2.36. The predicted molar refractivity (Wildman–Crippen MR) is 70.1 cm³/mol. The largest absolute Gasteiger partial charge is 0.469 e. The van der Waals surface area contributed by atoms with Gasteiger partial charge in [0.1, 0.15) is 0 Å². The molecule has 0 heterocycles. The molecule has 6 heteroatoms. The summed E-state index contributed by atoms with van der Waals surface area (Å²) in [5.41, 5.74) is 0.954. The SMILES string of the molecule is COC(=O)[C@@H](C)[C@@H](C)OS(=O)(=O)c1ccc(C)cc1. The van der Waals surface area contributed by atoms with Crippen LogP contribution in [0.1, 0.15) is 19.4 Å². The predicted octanol–water partition coefficient (Wildman–Crippen LogP) is 1.90. The quantitative estimate of drug-likeness (QED) is 0.610. The van der Waals surface area contributed by atoms with Crippen LogP contribution in [0.4, 0.5) is 0 Å². The Balaban J connectivity index is 2.85. The van der Waals surface area contributed by atoms with Gasteiger partial charge in [0.25, 0.3) is 10.1 Å². The summed E-state index contributed by atoms with van der Waals surface area (Å²) in [6.07, 6.45) is -0.793. The lowest BCUT2D eigenvalue weighted by Crippen LogP contribution is -2.29. The molecule has 0 saturated heterocycles. The zero-order chi connectivity index (χ0) is 14.6. The van der Waals surface area contributed by atoms with Crippen LogP contribution in [-0.4, -0.2) is 27.6 Å². The fraction of sp³-hybridized carbons (Fsp3) is 0.462. The summed E-state index contributed by atoms with van der Waals surface area (Å²) in [7, 11) is -2.62. The molecule has 0 N–H and O–H groups in total. The van der Waals surface area contributed by atoms with Crippen LogP contribution in [0.15, 0.2) is 29.2 Å². The van der Waals surface area contributed by atoms with Crippen molar-refractivity contribution in [3.63, 3.8) is 0 Å². The number of ether oxygens (including phenoxy) is 1. The molecule has 0 aliphatic carbocycles. The lowest BCUT2D eigenvalue weighted by atomic mass is 10.1. The first-order chi connectivity index (χ1) is 8.77. The minimum absolute atomic E-state index is 0.0713. The summed E-state index contributed by atoms with van der Waals surface area (Å²) in [4.78, 5) is 11.4. The standard InChI is InChI=1S/C13H18O5S/c1-9-5-7-12(8-6-9)19(15,16)18-11(3)10(2)13(14)17-4/h5-8,10-11H,1-4H3/t10-,11+/m0/s1. The lowest BCUT2D eigenvalue weighted by Gasteiger charge is -2.18. The first-order valence-electron chi connectivity index (χ1n) is 5.85. The lowest BCUT2D eigenvalue weighted by molar-refractivity contribution is -0.147. The number of aryl methyl sites for hydroxylation is 1. The number of carbonyl (C=O) groups is 1. The Morgan fingerprint density at radius 2 is 1.68 bits per heavy atom. The fourth-order valence-electron chi connectivity index (χ4n) is 1.42. The molecule has 0 fully saturated rings. The second-order valence-electron chi connectivity index (χ2n) is 4.38. The van der Waals surface area contributed by atoms with Gasteiger partial charge in [0.2, 0.25) is 0 Å². The molecule has 0 spiro atoms. The number of carbonyl (C=O) groups excluding carboxylic acids is 1. The highest BCUT2D eigenvalue weighted by molar-refractivity contribution is 7.86. The van der Waals surface area contributed by atoms with Crippen molar-refractivity contribution < 1.29 is 22.1 Å². The van der Waals surface area contributed by atoms with Crippen molar-refractivity contribution in [3.8, 4) is 0 Å². The van der Waals surface area contributed by atoms with Gasteiger partial charge in [-0.05, 0) is 32.9 Å². The van der Waals surface area contributed by atoms with Crippen molar-refractivity contribution >= 4 is 16.1 Å². The number of rotatable bonds is 5. The highest BCUT2D eigenvalue weighted by Gasteiger charge is 2.27. The van der Waals surface area contributed by atoms with Crippen molar-refractivity contribution in [2.75, 3.05) is 7.11 Å². The number of methoxy groups -OCH3 is 1. The van der Waals surface area contributed by atoms with Crippen LogP contribution in [0, 0.1) is 12.8 Å². The molecule has 0 aromatic heterocycles. The Morgan fingerprint density at radius 3 is 2.16 bits per heavy atom. The number of hydrogen-bond acceptors (Lipinski definition) is 5. The summed E-state index contributed by atoms with van der Waals surface area (Å²) in [6.45, 7) is 4.94. The molecule has 2 atom stereocenters. The summed E-state index contributed by atoms with van der Waals surface area (Å²) >= 11 is 0. The van der Waals surface area contributed by atoms with Gasteiger partial charge in [-0.3, -0.25) is 8.98 Å². The molecular formula is C13H18O5S. The van der Waals surface area contributed by atoms with E-state index < -0.39 is 28.1 Å². The van der Waals surface area contributed by atoms with E-state index in [2.05, 4.69) is 4.74 Å². The van der Waals surface area contributed by atoms with E-state index in [0.717, 1.165) is 5.56 Å². The molecule has 0 amide bonds. The van der Waals surface area contributed by atoms with Crippen LogP contribution in [0.25, 0.3) is 0 Å². The molecule has 1 aromatic carbocycles. The van der Waals surface area contributed by atoms with Crippen molar-refractivity contribution in [3.05, 3.63) is 29.8 Å². The first kappa shape index (κ1) is 15.7.